The minimum atomic E-state index is -2.05. The number of rotatable bonds is 13. The molecule has 0 aliphatic heterocycles. The van der Waals surface area contributed by atoms with Crippen LogP contribution in [0.15, 0.2) is 91.1 Å². The summed E-state index contributed by atoms with van der Waals surface area (Å²) in [5.74, 6) is 1.52. The maximum atomic E-state index is 7.02. The van der Waals surface area contributed by atoms with Gasteiger partial charge in [-0.2, -0.15) is 0 Å². The first kappa shape index (κ1) is 29.9. The van der Waals surface area contributed by atoms with Gasteiger partial charge in [0.05, 0.1) is 23.5 Å². The smallest absolute Gasteiger partial charge is 0.299 e. The van der Waals surface area contributed by atoms with E-state index in [1.165, 1.54) is 48.0 Å². The zero-order valence-corrected chi connectivity index (χ0v) is 26.2. The number of pyridine rings is 1. The highest BCUT2D eigenvalue weighted by Crippen LogP contribution is 2.38. The molecule has 1 heterocycles. The molecule has 4 rings (SSSR count). The third-order valence-corrected chi connectivity index (χ3v) is 9.89. The molecule has 0 unspecified atom stereocenters. The summed E-state index contributed by atoms with van der Waals surface area (Å²) in [6.45, 7) is 9.58. The molecule has 1 aromatic heterocycles. The van der Waals surface area contributed by atoms with Crippen LogP contribution >= 0.6 is 11.6 Å². The molecule has 3 aromatic carbocycles. The first-order valence-corrected chi connectivity index (χ1v) is 16.6. The predicted molar refractivity (Wildman–Crippen MR) is 172 cm³/mol. The van der Waals surface area contributed by atoms with Crippen LogP contribution in [0.4, 0.5) is 0 Å². The van der Waals surface area contributed by atoms with Gasteiger partial charge in [-0.25, -0.2) is 0 Å². The van der Waals surface area contributed by atoms with Gasteiger partial charge in [-0.05, 0) is 39.9 Å². The lowest BCUT2D eigenvalue weighted by atomic mass is 9.86. The number of halogens is 1. The first-order valence-electron chi connectivity index (χ1n) is 14.6. The lowest BCUT2D eigenvalue weighted by molar-refractivity contribution is 0.303. The first-order chi connectivity index (χ1) is 19.4. The van der Waals surface area contributed by atoms with Crippen molar-refractivity contribution >= 4 is 31.0 Å². The molecule has 4 aromatic rings. The summed E-state index contributed by atoms with van der Waals surface area (Å²) < 4.78 is 13.0. The van der Waals surface area contributed by atoms with Gasteiger partial charge in [0.2, 0.25) is 0 Å². The van der Waals surface area contributed by atoms with E-state index in [1.54, 1.807) is 6.20 Å². The second-order valence-corrected chi connectivity index (χ2v) is 14.1. The van der Waals surface area contributed by atoms with Crippen molar-refractivity contribution in [1.82, 2.24) is 4.98 Å². The molecule has 0 spiro atoms. The molecule has 40 heavy (non-hydrogen) atoms. The average Bonchev–Trinajstić information content (AvgIpc) is 2.96. The Bertz CT molecular complexity index is 1300. The minimum absolute atomic E-state index is 0.0291. The molecule has 0 fully saturated rings. The SMILES string of the molecule is CCCCCCCCOc1cnc(-c2ccc(C(C)(C)C)cc2O[SiH](c2ccccc2)c2ccccc2)c(Cl)c1. The summed E-state index contributed by atoms with van der Waals surface area (Å²) in [6.07, 6.45) is 9.15. The quantitative estimate of drug-likeness (QED) is 0.119. The monoisotopic (exact) mass is 571 g/mol. The van der Waals surface area contributed by atoms with Gasteiger partial charge < -0.3 is 9.16 Å². The van der Waals surface area contributed by atoms with Gasteiger partial charge >= 0.3 is 0 Å². The largest absolute Gasteiger partial charge is 0.537 e. The van der Waals surface area contributed by atoms with Crippen LogP contribution in [0.25, 0.3) is 11.3 Å². The maximum absolute atomic E-state index is 7.02. The summed E-state index contributed by atoms with van der Waals surface area (Å²) >= 11 is 6.85. The number of nitrogens with zero attached hydrogens (tertiary/aromatic N) is 1. The summed E-state index contributed by atoms with van der Waals surface area (Å²) in [5, 5.41) is 3.00. The van der Waals surface area contributed by atoms with Gasteiger partial charge in [-0.1, -0.05) is 138 Å². The fourth-order valence-corrected chi connectivity index (χ4v) is 7.27. The van der Waals surface area contributed by atoms with Crippen LogP contribution in [-0.4, -0.2) is 20.6 Å². The van der Waals surface area contributed by atoms with Crippen molar-refractivity contribution in [3.05, 3.63) is 102 Å². The molecule has 0 bridgehead atoms. The third kappa shape index (κ3) is 8.22. The molecule has 0 radical (unpaired) electrons. The standard InChI is InChI=1S/C35H42ClNO2Si/c1-5-6-7-8-9-16-23-38-28-25-32(36)34(37-26-28)31-22-21-27(35(2,3)4)24-33(31)39-40(29-17-12-10-13-18-29)30-19-14-11-15-20-30/h10-15,17-22,24-26,40H,5-9,16,23H2,1-4H3. The van der Waals surface area contributed by atoms with Crippen molar-refractivity contribution in [2.75, 3.05) is 6.61 Å². The van der Waals surface area contributed by atoms with E-state index in [1.807, 2.05) is 18.2 Å². The normalized spacial score (nSPS) is 11.6. The maximum Gasteiger partial charge on any atom is 0.299 e. The van der Waals surface area contributed by atoms with Gasteiger partial charge in [-0.3, -0.25) is 4.98 Å². The Labute approximate surface area is 247 Å². The van der Waals surface area contributed by atoms with E-state index < -0.39 is 9.04 Å². The molecule has 0 saturated carbocycles. The number of aromatic nitrogens is 1. The van der Waals surface area contributed by atoms with Crippen molar-refractivity contribution in [3.63, 3.8) is 0 Å². The van der Waals surface area contributed by atoms with Crippen LogP contribution in [-0.2, 0) is 5.41 Å². The fraction of sp³-hybridized carbons (Fsp3) is 0.343. The van der Waals surface area contributed by atoms with Gasteiger partial charge in [-0.15, -0.1) is 0 Å². The van der Waals surface area contributed by atoms with Crippen molar-refractivity contribution in [1.29, 1.82) is 0 Å². The van der Waals surface area contributed by atoms with E-state index in [-0.39, 0.29) is 5.41 Å². The van der Waals surface area contributed by atoms with Crippen molar-refractivity contribution in [2.45, 2.75) is 71.6 Å². The van der Waals surface area contributed by atoms with Crippen LogP contribution in [0, 0.1) is 0 Å². The van der Waals surface area contributed by atoms with Crippen LogP contribution in [0.2, 0.25) is 5.02 Å². The van der Waals surface area contributed by atoms with Crippen molar-refractivity contribution in [3.8, 4) is 22.8 Å². The summed E-state index contributed by atoms with van der Waals surface area (Å²) in [7, 11) is -2.05. The Morgan fingerprint density at radius 2 is 1.40 bits per heavy atom. The molecule has 0 atom stereocenters. The highest BCUT2D eigenvalue weighted by molar-refractivity contribution is 6.80. The highest BCUT2D eigenvalue weighted by atomic mass is 35.5. The Balaban J connectivity index is 1.62. The molecule has 0 aliphatic rings. The Morgan fingerprint density at radius 1 is 0.775 bits per heavy atom. The number of hydrogen-bond donors (Lipinski definition) is 0. The van der Waals surface area contributed by atoms with Crippen LogP contribution in [0.1, 0.15) is 71.8 Å². The lowest BCUT2D eigenvalue weighted by Crippen LogP contribution is -2.47. The van der Waals surface area contributed by atoms with E-state index in [4.69, 9.17) is 25.7 Å². The highest BCUT2D eigenvalue weighted by Gasteiger charge is 2.24. The van der Waals surface area contributed by atoms with Gasteiger partial charge in [0.1, 0.15) is 11.5 Å². The average molecular weight is 572 g/mol. The lowest BCUT2D eigenvalue weighted by Gasteiger charge is -2.25. The minimum Gasteiger partial charge on any atom is -0.537 e. The number of unbranched alkanes of at least 4 members (excludes halogenated alkanes) is 5. The molecule has 210 valence electrons. The van der Waals surface area contributed by atoms with Crippen molar-refractivity contribution in [2.24, 2.45) is 0 Å². The molecular formula is C35H42ClNO2Si. The number of benzene rings is 3. The van der Waals surface area contributed by atoms with Crippen LogP contribution in [0.5, 0.6) is 11.5 Å². The second kappa shape index (κ2) is 14.5. The van der Waals surface area contributed by atoms with Gasteiger partial charge in [0, 0.05) is 11.6 Å². The zero-order valence-electron chi connectivity index (χ0n) is 24.3. The van der Waals surface area contributed by atoms with E-state index in [0.29, 0.717) is 23.1 Å². The second-order valence-electron chi connectivity index (χ2n) is 11.4. The number of ether oxygens (including phenoxy) is 1. The molecule has 3 nitrogen and oxygen atoms in total. The van der Waals surface area contributed by atoms with E-state index >= 15 is 0 Å². The molecule has 5 heteroatoms. The van der Waals surface area contributed by atoms with Crippen molar-refractivity contribution < 1.29 is 9.16 Å². The fourth-order valence-electron chi connectivity index (χ4n) is 4.76. The molecule has 0 N–H and O–H groups in total. The van der Waals surface area contributed by atoms with Gasteiger partial charge in [0.15, 0.2) is 0 Å². The Hall–Kier alpha value is -3.08. The van der Waals surface area contributed by atoms with Crippen LogP contribution in [0.3, 0.4) is 0 Å². The van der Waals surface area contributed by atoms with E-state index in [0.717, 1.165) is 17.7 Å². The summed E-state index contributed by atoms with van der Waals surface area (Å²) in [5.41, 5.74) is 2.77. The van der Waals surface area contributed by atoms with Gasteiger partial charge in [0.25, 0.3) is 9.04 Å². The van der Waals surface area contributed by atoms with Crippen LogP contribution < -0.4 is 19.5 Å². The zero-order chi connectivity index (χ0) is 28.4. The predicted octanol–water partition coefficient (Wildman–Crippen LogP) is 8.36. The Kier molecular flexibility index (Phi) is 10.8. The topological polar surface area (TPSA) is 31.4 Å². The third-order valence-electron chi connectivity index (χ3n) is 7.13. The summed E-state index contributed by atoms with van der Waals surface area (Å²) in [4.78, 5) is 4.77. The molecule has 0 aliphatic carbocycles. The van der Waals surface area contributed by atoms with E-state index in [9.17, 15) is 0 Å². The number of hydrogen-bond acceptors (Lipinski definition) is 3. The summed E-state index contributed by atoms with van der Waals surface area (Å²) in [6, 6.07) is 29.4. The molecular weight excluding hydrogens is 530 g/mol. The Morgan fingerprint density at radius 3 is 2.00 bits per heavy atom. The molecule has 0 amide bonds. The molecule has 0 saturated heterocycles. The van der Waals surface area contributed by atoms with E-state index in [2.05, 4.69) is 94.4 Å².